The normalized spacial score (nSPS) is 14.8. The van der Waals surface area contributed by atoms with Gasteiger partial charge in [0.05, 0.1) is 23.4 Å². The number of hydrogen-bond donors (Lipinski definition) is 0. The van der Waals surface area contributed by atoms with Gasteiger partial charge in [-0.1, -0.05) is 29.0 Å². The largest absolute Gasteiger partial charge is 0.379 e. The Hall–Kier alpha value is -2.00. The first-order valence-electron chi connectivity index (χ1n) is 10.4. The van der Waals surface area contributed by atoms with Crippen molar-refractivity contribution in [3.63, 3.8) is 0 Å². The minimum Gasteiger partial charge on any atom is -0.379 e. The number of benzene rings is 2. The van der Waals surface area contributed by atoms with Gasteiger partial charge < -0.3 is 4.74 Å². The van der Waals surface area contributed by atoms with Gasteiger partial charge >= 0.3 is 0 Å². The molecule has 31 heavy (non-hydrogen) atoms. The SMILES string of the molecule is Cc1ccc(SCCC(=O)N(CCN2CCOCC2)c2nc3ccc(F)cc3s2)cc1. The summed E-state index contributed by atoms with van der Waals surface area (Å²) in [6.07, 6.45) is 0.423. The van der Waals surface area contributed by atoms with Crippen LogP contribution >= 0.6 is 23.1 Å². The van der Waals surface area contributed by atoms with Crippen molar-refractivity contribution in [1.29, 1.82) is 0 Å². The second-order valence-corrected chi connectivity index (χ2v) is 9.70. The highest BCUT2D eigenvalue weighted by Gasteiger charge is 2.21. The Morgan fingerprint density at radius 2 is 2.00 bits per heavy atom. The van der Waals surface area contributed by atoms with Gasteiger partial charge in [-0.15, -0.1) is 11.8 Å². The molecule has 1 amide bonds. The van der Waals surface area contributed by atoms with Crippen molar-refractivity contribution in [2.24, 2.45) is 0 Å². The average Bonchev–Trinajstić information content (AvgIpc) is 3.19. The lowest BCUT2D eigenvalue weighted by Gasteiger charge is -2.29. The van der Waals surface area contributed by atoms with Gasteiger partial charge in [0.1, 0.15) is 5.82 Å². The Bertz CT molecular complexity index is 1020. The molecule has 1 saturated heterocycles. The van der Waals surface area contributed by atoms with E-state index in [1.165, 1.54) is 29.0 Å². The first-order chi connectivity index (χ1) is 15.1. The zero-order valence-electron chi connectivity index (χ0n) is 17.6. The van der Waals surface area contributed by atoms with Gasteiger partial charge in [-0.25, -0.2) is 9.37 Å². The molecule has 2 heterocycles. The number of amides is 1. The van der Waals surface area contributed by atoms with E-state index in [4.69, 9.17) is 4.74 Å². The van der Waals surface area contributed by atoms with E-state index in [1.807, 2.05) is 0 Å². The third kappa shape index (κ3) is 6.04. The van der Waals surface area contributed by atoms with Gasteiger partial charge in [-0.2, -0.15) is 0 Å². The zero-order chi connectivity index (χ0) is 21.6. The first kappa shape index (κ1) is 22.2. The third-order valence-corrected chi connectivity index (χ3v) is 7.28. The number of morpholine rings is 1. The molecule has 0 spiro atoms. The molecule has 2 aromatic carbocycles. The molecule has 0 radical (unpaired) electrons. The summed E-state index contributed by atoms with van der Waals surface area (Å²) in [7, 11) is 0. The Kier molecular flexibility index (Phi) is 7.55. The zero-order valence-corrected chi connectivity index (χ0v) is 19.2. The number of rotatable bonds is 8. The van der Waals surface area contributed by atoms with E-state index in [9.17, 15) is 9.18 Å². The van der Waals surface area contributed by atoms with Crippen LogP contribution in [0.15, 0.2) is 47.4 Å². The van der Waals surface area contributed by atoms with E-state index in [0.717, 1.165) is 48.0 Å². The molecule has 1 fully saturated rings. The summed E-state index contributed by atoms with van der Waals surface area (Å²) in [5.74, 6) is 0.464. The molecule has 1 aliphatic heterocycles. The van der Waals surface area contributed by atoms with Crippen molar-refractivity contribution in [2.75, 3.05) is 50.0 Å². The van der Waals surface area contributed by atoms with Crippen LogP contribution in [0.3, 0.4) is 0 Å². The molecule has 0 N–H and O–H groups in total. The Balaban J connectivity index is 1.44. The second kappa shape index (κ2) is 10.5. The molecule has 164 valence electrons. The van der Waals surface area contributed by atoms with Crippen LogP contribution in [0.2, 0.25) is 0 Å². The quantitative estimate of drug-likeness (QED) is 0.461. The van der Waals surface area contributed by atoms with Crippen LogP contribution in [-0.4, -0.2) is 60.9 Å². The fourth-order valence-electron chi connectivity index (χ4n) is 3.42. The van der Waals surface area contributed by atoms with E-state index in [-0.39, 0.29) is 11.7 Å². The minimum absolute atomic E-state index is 0.0485. The number of ether oxygens (including phenoxy) is 1. The summed E-state index contributed by atoms with van der Waals surface area (Å²) in [5.41, 5.74) is 1.95. The lowest BCUT2D eigenvalue weighted by Crippen LogP contribution is -2.43. The van der Waals surface area contributed by atoms with Crippen molar-refractivity contribution < 1.29 is 13.9 Å². The molecular formula is C23H26FN3O2S2. The number of thioether (sulfide) groups is 1. The van der Waals surface area contributed by atoms with E-state index in [2.05, 4.69) is 41.1 Å². The van der Waals surface area contributed by atoms with E-state index < -0.39 is 0 Å². The van der Waals surface area contributed by atoms with Gasteiger partial charge in [0, 0.05) is 43.2 Å². The predicted molar refractivity (Wildman–Crippen MR) is 126 cm³/mol. The first-order valence-corrected chi connectivity index (χ1v) is 12.2. The number of hydrogen-bond acceptors (Lipinski definition) is 6. The molecule has 0 unspecified atom stereocenters. The summed E-state index contributed by atoms with van der Waals surface area (Å²) in [6.45, 7) is 6.59. The topological polar surface area (TPSA) is 45.7 Å². The van der Waals surface area contributed by atoms with E-state index in [1.54, 1.807) is 22.7 Å². The molecule has 1 aliphatic rings. The maximum absolute atomic E-state index is 13.6. The maximum atomic E-state index is 13.6. The number of nitrogens with zero attached hydrogens (tertiary/aromatic N) is 3. The fourth-order valence-corrected chi connectivity index (χ4v) is 5.30. The summed E-state index contributed by atoms with van der Waals surface area (Å²) in [6, 6.07) is 12.9. The molecule has 1 aromatic heterocycles. The number of halogens is 1. The Morgan fingerprint density at radius 3 is 2.77 bits per heavy atom. The lowest BCUT2D eigenvalue weighted by atomic mass is 10.2. The van der Waals surface area contributed by atoms with Gasteiger partial charge in [0.15, 0.2) is 5.13 Å². The molecule has 3 aromatic rings. The van der Waals surface area contributed by atoms with Crippen LogP contribution in [0.1, 0.15) is 12.0 Å². The fraction of sp³-hybridized carbons (Fsp3) is 0.391. The van der Waals surface area contributed by atoms with E-state index in [0.29, 0.717) is 23.8 Å². The number of aryl methyl sites for hydroxylation is 1. The standard InChI is InChI=1S/C23H26FN3O2S2/c1-17-2-5-19(6-3-17)30-15-8-22(28)27(10-9-26-11-13-29-14-12-26)23-25-20-7-4-18(24)16-21(20)31-23/h2-7,16H,8-15H2,1H3. The molecule has 0 bridgehead atoms. The summed E-state index contributed by atoms with van der Waals surface area (Å²) in [5, 5.41) is 0.638. The number of fused-ring (bicyclic) bond motifs is 1. The van der Waals surface area contributed by atoms with Crippen molar-refractivity contribution >= 4 is 44.4 Å². The minimum atomic E-state index is -0.289. The number of anilines is 1. The summed E-state index contributed by atoms with van der Waals surface area (Å²) >= 11 is 3.05. The number of aromatic nitrogens is 1. The van der Waals surface area contributed by atoms with Crippen LogP contribution in [-0.2, 0) is 9.53 Å². The van der Waals surface area contributed by atoms with Gasteiger partial charge in [0.2, 0.25) is 5.91 Å². The maximum Gasteiger partial charge on any atom is 0.229 e. The monoisotopic (exact) mass is 459 g/mol. The highest BCUT2D eigenvalue weighted by molar-refractivity contribution is 7.99. The number of thiazole rings is 1. The molecule has 8 heteroatoms. The molecule has 0 saturated carbocycles. The summed E-state index contributed by atoms with van der Waals surface area (Å²) in [4.78, 5) is 23.0. The van der Waals surface area contributed by atoms with Crippen molar-refractivity contribution in [2.45, 2.75) is 18.2 Å². The van der Waals surface area contributed by atoms with Crippen LogP contribution in [0.5, 0.6) is 0 Å². The predicted octanol–water partition coefficient (Wildman–Crippen LogP) is 4.59. The molecule has 5 nitrogen and oxygen atoms in total. The molecule has 0 aliphatic carbocycles. The van der Waals surface area contributed by atoms with Crippen LogP contribution in [0.25, 0.3) is 10.2 Å². The van der Waals surface area contributed by atoms with Gasteiger partial charge in [-0.3, -0.25) is 14.6 Å². The van der Waals surface area contributed by atoms with Crippen LogP contribution < -0.4 is 4.90 Å². The number of carbonyl (C=O) groups is 1. The lowest BCUT2D eigenvalue weighted by molar-refractivity contribution is -0.118. The molecule has 4 rings (SSSR count). The van der Waals surface area contributed by atoms with Crippen LogP contribution in [0, 0.1) is 12.7 Å². The number of carbonyl (C=O) groups excluding carboxylic acids is 1. The van der Waals surface area contributed by atoms with Gasteiger partial charge in [0.25, 0.3) is 0 Å². The van der Waals surface area contributed by atoms with Gasteiger partial charge in [-0.05, 0) is 37.3 Å². The highest BCUT2D eigenvalue weighted by atomic mass is 32.2. The second-order valence-electron chi connectivity index (χ2n) is 7.52. The smallest absolute Gasteiger partial charge is 0.229 e. The molecule has 0 atom stereocenters. The van der Waals surface area contributed by atoms with E-state index >= 15 is 0 Å². The Labute approximate surface area is 190 Å². The Morgan fingerprint density at radius 1 is 1.23 bits per heavy atom. The highest BCUT2D eigenvalue weighted by Crippen LogP contribution is 2.30. The van der Waals surface area contributed by atoms with Crippen molar-refractivity contribution in [3.8, 4) is 0 Å². The summed E-state index contributed by atoms with van der Waals surface area (Å²) < 4.78 is 19.8. The van der Waals surface area contributed by atoms with Crippen molar-refractivity contribution in [3.05, 3.63) is 53.8 Å². The van der Waals surface area contributed by atoms with Crippen LogP contribution in [0.4, 0.5) is 9.52 Å². The average molecular weight is 460 g/mol. The molecular weight excluding hydrogens is 433 g/mol. The third-order valence-electron chi connectivity index (χ3n) is 5.22. The van der Waals surface area contributed by atoms with Crippen molar-refractivity contribution in [1.82, 2.24) is 9.88 Å².